The maximum Gasteiger partial charge on any atom is 0.00793 e. The Morgan fingerprint density at radius 1 is 1.12 bits per heavy atom. The summed E-state index contributed by atoms with van der Waals surface area (Å²) >= 11 is 0. The molecular formula is C14H30N2. The van der Waals surface area contributed by atoms with E-state index in [2.05, 4.69) is 18.7 Å². The Balaban J connectivity index is 2.35. The fourth-order valence-corrected chi connectivity index (χ4v) is 2.73. The summed E-state index contributed by atoms with van der Waals surface area (Å²) in [6, 6.07) is 0.457. The lowest BCUT2D eigenvalue weighted by atomic mass is 9.95. The van der Waals surface area contributed by atoms with Crippen molar-refractivity contribution in [2.24, 2.45) is 11.7 Å². The number of hydrogen-bond donors (Lipinski definition) is 1. The molecular weight excluding hydrogens is 196 g/mol. The SMILES string of the molecule is CCCCN(CC)CC1CCCCCC1N. The van der Waals surface area contributed by atoms with E-state index in [0.29, 0.717) is 6.04 Å². The molecule has 2 atom stereocenters. The van der Waals surface area contributed by atoms with Crippen molar-refractivity contribution in [3.05, 3.63) is 0 Å². The molecule has 96 valence electrons. The second-order valence-corrected chi connectivity index (χ2v) is 5.31. The summed E-state index contributed by atoms with van der Waals surface area (Å²) in [5, 5.41) is 0. The van der Waals surface area contributed by atoms with E-state index in [1.807, 2.05) is 0 Å². The van der Waals surface area contributed by atoms with Gasteiger partial charge in [0.1, 0.15) is 0 Å². The third-order valence-corrected chi connectivity index (χ3v) is 3.99. The molecule has 0 amide bonds. The second-order valence-electron chi connectivity index (χ2n) is 5.31. The Morgan fingerprint density at radius 3 is 2.56 bits per heavy atom. The number of nitrogens with zero attached hydrogens (tertiary/aromatic N) is 1. The predicted molar refractivity (Wildman–Crippen MR) is 71.6 cm³/mol. The normalized spacial score (nSPS) is 27.0. The average Bonchev–Trinajstić information content (AvgIpc) is 2.50. The highest BCUT2D eigenvalue weighted by Gasteiger charge is 2.21. The van der Waals surface area contributed by atoms with Gasteiger partial charge in [-0.1, -0.05) is 39.5 Å². The van der Waals surface area contributed by atoms with Crippen LogP contribution in [-0.2, 0) is 0 Å². The van der Waals surface area contributed by atoms with Crippen molar-refractivity contribution >= 4 is 0 Å². The molecule has 0 saturated heterocycles. The minimum atomic E-state index is 0.457. The smallest absolute Gasteiger partial charge is 0.00793 e. The predicted octanol–water partition coefficient (Wildman–Crippen LogP) is 3.02. The van der Waals surface area contributed by atoms with Gasteiger partial charge in [-0.25, -0.2) is 0 Å². The molecule has 0 aliphatic heterocycles. The first-order valence-electron chi connectivity index (χ1n) is 7.25. The quantitative estimate of drug-likeness (QED) is 0.705. The Kier molecular flexibility index (Phi) is 7.06. The molecule has 0 bridgehead atoms. The van der Waals surface area contributed by atoms with E-state index >= 15 is 0 Å². The Bertz CT molecular complexity index is 170. The second kappa shape index (κ2) is 8.08. The van der Waals surface area contributed by atoms with Gasteiger partial charge >= 0.3 is 0 Å². The van der Waals surface area contributed by atoms with Crippen molar-refractivity contribution in [2.45, 2.75) is 64.8 Å². The van der Waals surface area contributed by atoms with Crippen LogP contribution in [0.5, 0.6) is 0 Å². The first-order chi connectivity index (χ1) is 7.77. The van der Waals surface area contributed by atoms with Gasteiger partial charge in [-0.05, 0) is 38.3 Å². The topological polar surface area (TPSA) is 29.3 Å². The number of unbranched alkanes of at least 4 members (excludes halogenated alkanes) is 1. The van der Waals surface area contributed by atoms with E-state index in [9.17, 15) is 0 Å². The fraction of sp³-hybridized carbons (Fsp3) is 1.00. The zero-order chi connectivity index (χ0) is 11.8. The van der Waals surface area contributed by atoms with Crippen molar-refractivity contribution in [1.29, 1.82) is 0 Å². The molecule has 16 heavy (non-hydrogen) atoms. The molecule has 1 aliphatic carbocycles. The van der Waals surface area contributed by atoms with Crippen molar-refractivity contribution in [1.82, 2.24) is 4.90 Å². The molecule has 2 nitrogen and oxygen atoms in total. The lowest BCUT2D eigenvalue weighted by molar-refractivity contribution is 0.212. The summed E-state index contributed by atoms with van der Waals surface area (Å²) < 4.78 is 0. The van der Waals surface area contributed by atoms with Crippen LogP contribution < -0.4 is 5.73 Å². The van der Waals surface area contributed by atoms with Crippen molar-refractivity contribution in [3.63, 3.8) is 0 Å². The van der Waals surface area contributed by atoms with E-state index in [1.54, 1.807) is 0 Å². The minimum absolute atomic E-state index is 0.457. The van der Waals surface area contributed by atoms with Gasteiger partial charge < -0.3 is 10.6 Å². The Hall–Kier alpha value is -0.0800. The lowest BCUT2D eigenvalue weighted by Crippen LogP contribution is -2.39. The van der Waals surface area contributed by atoms with Crippen molar-refractivity contribution < 1.29 is 0 Å². The summed E-state index contributed by atoms with van der Waals surface area (Å²) in [5.41, 5.74) is 6.28. The summed E-state index contributed by atoms with van der Waals surface area (Å²) in [7, 11) is 0. The van der Waals surface area contributed by atoms with E-state index < -0.39 is 0 Å². The van der Waals surface area contributed by atoms with Crippen LogP contribution in [0.1, 0.15) is 58.8 Å². The van der Waals surface area contributed by atoms with Gasteiger partial charge in [-0.3, -0.25) is 0 Å². The van der Waals surface area contributed by atoms with Gasteiger partial charge in [0.05, 0.1) is 0 Å². The Morgan fingerprint density at radius 2 is 1.88 bits per heavy atom. The van der Waals surface area contributed by atoms with Crippen molar-refractivity contribution in [2.75, 3.05) is 19.6 Å². The molecule has 1 saturated carbocycles. The van der Waals surface area contributed by atoms with Crippen LogP contribution in [0.2, 0.25) is 0 Å². The largest absolute Gasteiger partial charge is 0.327 e. The highest BCUT2D eigenvalue weighted by Crippen LogP contribution is 2.23. The molecule has 0 aromatic carbocycles. The van der Waals surface area contributed by atoms with Gasteiger partial charge in [-0.2, -0.15) is 0 Å². The van der Waals surface area contributed by atoms with Crippen LogP contribution >= 0.6 is 0 Å². The molecule has 0 heterocycles. The molecule has 0 spiro atoms. The molecule has 1 fully saturated rings. The highest BCUT2D eigenvalue weighted by molar-refractivity contribution is 4.79. The highest BCUT2D eigenvalue weighted by atomic mass is 15.1. The number of hydrogen-bond acceptors (Lipinski definition) is 2. The molecule has 2 unspecified atom stereocenters. The monoisotopic (exact) mass is 226 g/mol. The molecule has 0 radical (unpaired) electrons. The molecule has 2 heteroatoms. The number of nitrogens with two attached hydrogens (primary N) is 1. The van der Waals surface area contributed by atoms with Gasteiger partial charge in [0.25, 0.3) is 0 Å². The molecule has 0 aromatic heterocycles. The zero-order valence-corrected chi connectivity index (χ0v) is 11.3. The van der Waals surface area contributed by atoms with E-state index in [0.717, 1.165) is 5.92 Å². The van der Waals surface area contributed by atoms with E-state index in [1.165, 1.54) is 64.6 Å². The zero-order valence-electron chi connectivity index (χ0n) is 11.3. The molecule has 2 N–H and O–H groups in total. The maximum atomic E-state index is 6.28. The van der Waals surface area contributed by atoms with Gasteiger partial charge in [0.2, 0.25) is 0 Å². The average molecular weight is 226 g/mol. The van der Waals surface area contributed by atoms with Crippen LogP contribution in [0.15, 0.2) is 0 Å². The van der Waals surface area contributed by atoms with Gasteiger partial charge in [-0.15, -0.1) is 0 Å². The number of rotatable bonds is 6. The fourth-order valence-electron chi connectivity index (χ4n) is 2.73. The van der Waals surface area contributed by atoms with Gasteiger partial charge in [0, 0.05) is 12.6 Å². The summed E-state index contributed by atoms with van der Waals surface area (Å²) in [4.78, 5) is 2.60. The standard InChI is InChI=1S/C14H30N2/c1-3-5-11-16(4-2)12-13-9-7-6-8-10-14(13)15/h13-14H,3-12,15H2,1-2H3. The minimum Gasteiger partial charge on any atom is -0.327 e. The van der Waals surface area contributed by atoms with Crippen molar-refractivity contribution in [3.8, 4) is 0 Å². The van der Waals surface area contributed by atoms with Crippen LogP contribution in [-0.4, -0.2) is 30.6 Å². The lowest BCUT2D eigenvalue weighted by Gasteiger charge is -2.29. The summed E-state index contributed by atoms with van der Waals surface area (Å²) in [6.45, 7) is 8.22. The molecule has 0 aromatic rings. The first-order valence-corrected chi connectivity index (χ1v) is 7.25. The molecule has 1 aliphatic rings. The maximum absolute atomic E-state index is 6.28. The Labute approximate surface area is 102 Å². The van der Waals surface area contributed by atoms with Crippen LogP contribution in [0, 0.1) is 5.92 Å². The molecule has 1 rings (SSSR count). The third-order valence-electron chi connectivity index (χ3n) is 3.99. The summed E-state index contributed by atoms with van der Waals surface area (Å²) in [5.74, 6) is 0.749. The van der Waals surface area contributed by atoms with Crippen LogP contribution in [0.3, 0.4) is 0 Å². The van der Waals surface area contributed by atoms with Crippen LogP contribution in [0.4, 0.5) is 0 Å². The van der Waals surface area contributed by atoms with E-state index in [4.69, 9.17) is 5.73 Å². The third kappa shape index (κ3) is 4.84. The van der Waals surface area contributed by atoms with E-state index in [-0.39, 0.29) is 0 Å². The summed E-state index contributed by atoms with van der Waals surface area (Å²) in [6.07, 6.45) is 9.36. The van der Waals surface area contributed by atoms with Gasteiger partial charge in [0.15, 0.2) is 0 Å². The first kappa shape index (κ1) is 14.0. The van der Waals surface area contributed by atoms with Crippen LogP contribution in [0.25, 0.3) is 0 Å².